The summed E-state index contributed by atoms with van der Waals surface area (Å²) in [7, 11) is 0. The monoisotopic (exact) mass is 260 g/mol. The predicted octanol–water partition coefficient (Wildman–Crippen LogP) is 2.52. The summed E-state index contributed by atoms with van der Waals surface area (Å²) < 4.78 is 0. The molecule has 1 amide bonds. The number of nitrogens with zero attached hydrogens (tertiary/aromatic N) is 1. The van der Waals surface area contributed by atoms with Crippen molar-refractivity contribution in [3.05, 3.63) is 34.9 Å². The molecule has 1 aromatic carbocycles. The minimum absolute atomic E-state index is 0.191. The Balaban J connectivity index is 2.03. The van der Waals surface area contributed by atoms with Crippen LogP contribution >= 0.6 is 0 Å². The van der Waals surface area contributed by atoms with Gasteiger partial charge in [0.2, 0.25) is 0 Å². The molecule has 0 aromatic heterocycles. The maximum Gasteiger partial charge on any atom is 0.254 e. The van der Waals surface area contributed by atoms with Crippen molar-refractivity contribution in [1.29, 1.82) is 0 Å². The number of benzene rings is 1. The lowest BCUT2D eigenvalue weighted by Gasteiger charge is -2.32. The van der Waals surface area contributed by atoms with Crippen LogP contribution in [0.25, 0.3) is 0 Å². The molecule has 1 N–H and O–H groups in total. The van der Waals surface area contributed by atoms with E-state index in [-0.39, 0.29) is 5.91 Å². The van der Waals surface area contributed by atoms with E-state index in [0.717, 1.165) is 49.2 Å². The highest BCUT2D eigenvalue weighted by molar-refractivity contribution is 5.95. The molecule has 19 heavy (non-hydrogen) atoms. The van der Waals surface area contributed by atoms with Gasteiger partial charge in [0, 0.05) is 24.7 Å². The first-order chi connectivity index (χ1) is 9.11. The number of hydrogen-bond donors (Lipinski definition) is 1. The Morgan fingerprint density at radius 2 is 2.00 bits per heavy atom. The van der Waals surface area contributed by atoms with Gasteiger partial charge in [-0.25, -0.2) is 0 Å². The number of hydrogen-bond acceptors (Lipinski definition) is 2. The number of amides is 1. The smallest absolute Gasteiger partial charge is 0.254 e. The second-order valence-electron chi connectivity index (χ2n) is 5.44. The van der Waals surface area contributed by atoms with Crippen molar-refractivity contribution in [2.24, 2.45) is 0 Å². The highest BCUT2D eigenvalue weighted by Crippen LogP contribution is 2.17. The number of likely N-dealkylation sites (tertiary alicyclic amines) is 1. The molecule has 0 radical (unpaired) electrons. The van der Waals surface area contributed by atoms with Crippen LogP contribution in [0.15, 0.2) is 18.2 Å². The van der Waals surface area contributed by atoms with E-state index >= 15 is 0 Å². The molecule has 1 fully saturated rings. The second-order valence-corrected chi connectivity index (χ2v) is 5.44. The number of aryl methyl sites for hydroxylation is 2. The highest BCUT2D eigenvalue weighted by Gasteiger charge is 2.23. The van der Waals surface area contributed by atoms with E-state index in [1.165, 1.54) is 0 Å². The van der Waals surface area contributed by atoms with Crippen molar-refractivity contribution in [2.75, 3.05) is 19.6 Å². The maximum atomic E-state index is 12.5. The molecule has 3 heteroatoms. The summed E-state index contributed by atoms with van der Waals surface area (Å²) in [4.78, 5) is 14.5. The molecule has 3 nitrogen and oxygen atoms in total. The van der Waals surface area contributed by atoms with Gasteiger partial charge in [0.1, 0.15) is 0 Å². The van der Waals surface area contributed by atoms with Gasteiger partial charge in [0.05, 0.1) is 0 Å². The zero-order chi connectivity index (χ0) is 13.8. The van der Waals surface area contributed by atoms with Crippen LogP contribution in [0, 0.1) is 13.8 Å². The van der Waals surface area contributed by atoms with E-state index in [1.807, 2.05) is 30.9 Å². The molecule has 1 aromatic rings. The third-order valence-corrected chi connectivity index (χ3v) is 3.90. The van der Waals surface area contributed by atoms with Gasteiger partial charge in [-0.05, 0) is 44.9 Å². The molecule has 0 spiro atoms. The third kappa shape index (κ3) is 3.35. The molecule has 0 saturated carbocycles. The van der Waals surface area contributed by atoms with Gasteiger partial charge in [0.15, 0.2) is 0 Å². The van der Waals surface area contributed by atoms with E-state index < -0.39 is 0 Å². The Morgan fingerprint density at radius 1 is 1.32 bits per heavy atom. The summed E-state index contributed by atoms with van der Waals surface area (Å²) in [6, 6.07) is 6.68. The molecule has 0 atom stereocenters. The predicted molar refractivity (Wildman–Crippen MR) is 78.5 cm³/mol. The Hall–Kier alpha value is -1.35. The summed E-state index contributed by atoms with van der Waals surface area (Å²) in [6.07, 6.45) is 2.12. The number of piperidine rings is 1. The van der Waals surface area contributed by atoms with Gasteiger partial charge in [-0.1, -0.05) is 24.6 Å². The summed E-state index contributed by atoms with van der Waals surface area (Å²) in [5.41, 5.74) is 3.09. The van der Waals surface area contributed by atoms with Crippen molar-refractivity contribution in [3.63, 3.8) is 0 Å². The molecule has 104 valence electrons. The molecule has 2 rings (SSSR count). The first kappa shape index (κ1) is 14.1. The molecular formula is C16H24N2O. The van der Waals surface area contributed by atoms with Crippen LogP contribution in [0.2, 0.25) is 0 Å². The first-order valence-corrected chi connectivity index (χ1v) is 7.21. The second kappa shape index (κ2) is 6.20. The van der Waals surface area contributed by atoms with Crippen molar-refractivity contribution in [3.8, 4) is 0 Å². The van der Waals surface area contributed by atoms with Gasteiger partial charge >= 0.3 is 0 Å². The van der Waals surface area contributed by atoms with Crippen LogP contribution in [0.4, 0.5) is 0 Å². The van der Waals surface area contributed by atoms with E-state index in [4.69, 9.17) is 0 Å². The van der Waals surface area contributed by atoms with Crippen LogP contribution in [0.1, 0.15) is 41.3 Å². The number of carbonyl (C=O) groups is 1. The topological polar surface area (TPSA) is 32.3 Å². The molecule has 1 saturated heterocycles. The SMILES string of the molecule is CCNC1CCN(C(=O)c2cc(C)ccc2C)CC1. The van der Waals surface area contributed by atoms with Crippen LogP contribution in [-0.2, 0) is 0 Å². The number of rotatable bonds is 3. The third-order valence-electron chi connectivity index (χ3n) is 3.90. The maximum absolute atomic E-state index is 12.5. The van der Waals surface area contributed by atoms with Crippen LogP contribution in [0.5, 0.6) is 0 Å². The lowest BCUT2D eigenvalue weighted by molar-refractivity contribution is 0.0705. The largest absolute Gasteiger partial charge is 0.339 e. The average Bonchev–Trinajstić information content (AvgIpc) is 2.42. The van der Waals surface area contributed by atoms with Crippen LogP contribution < -0.4 is 5.32 Å². The standard InChI is InChI=1S/C16H24N2O/c1-4-17-14-7-9-18(10-8-14)16(19)15-11-12(2)5-6-13(15)3/h5-6,11,14,17H,4,7-10H2,1-3H3. The Morgan fingerprint density at radius 3 is 2.63 bits per heavy atom. The zero-order valence-electron chi connectivity index (χ0n) is 12.2. The van der Waals surface area contributed by atoms with E-state index in [1.54, 1.807) is 0 Å². The van der Waals surface area contributed by atoms with E-state index in [0.29, 0.717) is 6.04 Å². The fourth-order valence-corrected chi connectivity index (χ4v) is 2.71. The summed E-state index contributed by atoms with van der Waals surface area (Å²) in [5, 5.41) is 3.47. The number of nitrogens with one attached hydrogen (secondary N) is 1. The Bertz CT molecular complexity index is 448. The number of carbonyl (C=O) groups excluding carboxylic acids is 1. The van der Waals surface area contributed by atoms with Gasteiger partial charge in [-0.2, -0.15) is 0 Å². The Labute approximate surface area is 116 Å². The normalized spacial score (nSPS) is 16.7. The van der Waals surface area contributed by atoms with E-state index in [2.05, 4.69) is 18.3 Å². The van der Waals surface area contributed by atoms with Gasteiger partial charge < -0.3 is 10.2 Å². The molecule has 0 bridgehead atoms. The molecule has 0 unspecified atom stereocenters. The zero-order valence-corrected chi connectivity index (χ0v) is 12.2. The van der Waals surface area contributed by atoms with Crippen LogP contribution in [-0.4, -0.2) is 36.5 Å². The fraction of sp³-hybridized carbons (Fsp3) is 0.562. The van der Waals surface area contributed by atoms with Crippen LogP contribution in [0.3, 0.4) is 0 Å². The summed E-state index contributed by atoms with van der Waals surface area (Å²) in [6.45, 7) is 8.92. The lowest BCUT2D eigenvalue weighted by atomic mass is 10.0. The Kier molecular flexibility index (Phi) is 4.59. The molecule has 0 aliphatic carbocycles. The van der Waals surface area contributed by atoms with Crippen molar-refractivity contribution in [2.45, 2.75) is 39.7 Å². The lowest BCUT2D eigenvalue weighted by Crippen LogP contribution is -2.45. The van der Waals surface area contributed by atoms with Gasteiger partial charge in [-0.15, -0.1) is 0 Å². The quantitative estimate of drug-likeness (QED) is 0.905. The fourth-order valence-electron chi connectivity index (χ4n) is 2.71. The van der Waals surface area contributed by atoms with Gasteiger partial charge in [-0.3, -0.25) is 4.79 Å². The molecule has 1 aliphatic heterocycles. The first-order valence-electron chi connectivity index (χ1n) is 7.21. The van der Waals surface area contributed by atoms with Gasteiger partial charge in [0.25, 0.3) is 5.91 Å². The minimum atomic E-state index is 0.191. The molecular weight excluding hydrogens is 236 g/mol. The van der Waals surface area contributed by atoms with Crippen molar-refractivity contribution in [1.82, 2.24) is 10.2 Å². The van der Waals surface area contributed by atoms with Crippen molar-refractivity contribution < 1.29 is 4.79 Å². The average molecular weight is 260 g/mol. The molecule has 1 aliphatic rings. The molecule has 1 heterocycles. The van der Waals surface area contributed by atoms with E-state index in [9.17, 15) is 4.79 Å². The minimum Gasteiger partial charge on any atom is -0.339 e. The summed E-state index contributed by atoms with van der Waals surface area (Å²) >= 11 is 0. The summed E-state index contributed by atoms with van der Waals surface area (Å²) in [5.74, 6) is 0.191. The highest BCUT2D eigenvalue weighted by atomic mass is 16.2. The van der Waals surface area contributed by atoms with Crippen molar-refractivity contribution >= 4 is 5.91 Å².